The Kier molecular flexibility index (Phi) is 5.00. The number of hydrogen-bond acceptors (Lipinski definition) is 4. The van der Waals surface area contributed by atoms with Crippen molar-refractivity contribution < 1.29 is 14.7 Å². The first-order valence-corrected chi connectivity index (χ1v) is 5.44. The first kappa shape index (κ1) is 13.0. The Hall–Kier alpha value is -2.04. The predicted molar refractivity (Wildman–Crippen MR) is 64.1 cm³/mol. The number of carbonyl (C=O) groups is 1. The van der Waals surface area contributed by atoms with Crippen molar-refractivity contribution in [2.75, 3.05) is 6.61 Å². The van der Waals surface area contributed by atoms with Gasteiger partial charge in [-0.2, -0.15) is 0 Å². The van der Waals surface area contributed by atoms with E-state index in [1.807, 2.05) is 6.92 Å². The van der Waals surface area contributed by atoms with E-state index < -0.39 is 5.97 Å². The van der Waals surface area contributed by atoms with Crippen molar-refractivity contribution in [2.45, 2.75) is 19.8 Å². The predicted octanol–water partition coefficient (Wildman–Crippen LogP) is 1.74. The fourth-order valence-electron chi connectivity index (χ4n) is 1.26. The van der Waals surface area contributed by atoms with Gasteiger partial charge in [0.05, 0.1) is 12.2 Å². The molecule has 0 fully saturated rings. The van der Waals surface area contributed by atoms with Gasteiger partial charge in [-0.05, 0) is 18.6 Å². The van der Waals surface area contributed by atoms with Gasteiger partial charge in [-0.15, -0.1) is 0 Å². The molecule has 0 bridgehead atoms. The summed E-state index contributed by atoms with van der Waals surface area (Å²) in [6.07, 6.45) is 1.81. The van der Waals surface area contributed by atoms with E-state index >= 15 is 0 Å². The maximum absolute atomic E-state index is 11.6. The van der Waals surface area contributed by atoms with Crippen molar-refractivity contribution >= 4 is 11.8 Å². The van der Waals surface area contributed by atoms with E-state index in [1.165, 1.54) is 6.07 Å². The van der Waals surface area contributed by atoms with Gasteiger partial charge in [-0.25, -0.2) is 4.79 Å². The monoisotopic (exact) mass is 236 g/mol. The van der Waals surface area contributed by atoms with Crippen LogP contribution in [-0.4, -0.2) is 23.6 Å². The molecule has 0 aliphatic rings. The van der Waals surface area contributed by atoms with Crippen molar-refractivity contribution in [3.05, 3.63) is 35.4 Å². The number of ether oxygens (including phenoxy) is 1. The van der Waals surface area contributed by atoms with E-state index in [0.717, 1.165) is 12.8 Å². The van der Waals surface area contributed by atoms with Crippen LogP contribution in [0.1, 0.15) is 35.7 Å². The molecule has 0 amide bonds. The van der Waals surface area contributed by atoms with Gasteiger partial charge in [0.2, 0.25) is 0 Å². The minimum absolute atomic E-state index is 0.0341. The summed E-state index contributed by atoms with van der Waals surface area (Å²) in [6.45, 7) is 2.43. The second-order valence-electron chi connectivity index (χ2n) is 3.56. The average molecular weight is 236 g/mol. The summed E-state index contributed by atoms with van der Waals surface area (Å²) in [5, 5.41) is 11.4. The van der Waals surface area contributed by atoms with Crippen LogP contribution in [0, 0.1) is 0 Å². The van der Waals surface area contributed by atoms with Crippen molar-refractivity contribution in [1.29, 1.82) is 0 Å². The molecule has 0 radical (unpaired) electrons. The zero-order chi connectivity index (χ0) is 12.7. The molecule has 0 saturated heterocycles. The normalized spacial score (nSPS) is 11.2. The summed E-state index contributed by atoms with van der Waals surface area (Å²) in [5.74, 6) is -0.431. The van der Waals surface area contributed by atoms with Gasteiger partial charge >= 0.3 is 5.97 Å². The Morgan fingerprint density at radius 1 is 1.47 bits per heavy atom. The molecule has 0 aliphatic heterocycles. The molecule has 5 nitrogen and oxygen atoms in total. The van der Waals surface area contributed by atoms with Gasteiger partial charge in [-0.3, -0.25) is 0 Å². The molecule has 1 aromatic carbocycles. The SMILES string of the molecule is CCCCOC(=O)c1cccc(C(N)=NO)c1. The Morgan fingerprint density at radius 2 is 2.18 bits per heavy atom. The van der Waals surface area contributed by atoms with Crippen LogP contribution in [0.2, 0.25) is 0 Å². The molecule has 5 heteroatoms. The maximum atomic E-state index is 11.6. The van der Waals surface area contributed by atoms with E-state index in [9.17, 15) is 4.79 Å². The number of unbranched alkanes of at least 4 members (excludes halogenated alkanes) is 1. The van der Waals surface area contributed by atoms with E-state index in [4.69, 9.17) is 15.7 Å². The van der Waals surface area contributed by atoms with Gasteiger partial charge in [0.25, 0.3) is 0 Å². The third kappa shape index (κ3) is 3.79. The average Bonchev–Trinajstić information content (AvgIpc) is 2.38. The molecule has 3 N–H and O–H groups in total. The van der Waals surface area contributed by atoms with Gasteiger partial charge in [0, 0.05) is 5.56 Å². The first-order valence-electron chi connectivity index (χ1n) is 5.44. The van der Waals surface area contributed by atoms with Crippen LogP contribution in [0.5, 0.6) is 0 Å². The highest BCUT2D eigenvalue weighted by molar-refractivity contribution is 5.99. The largest absolute Gasteiger partial charge is 0.462 e. The Bertz CT molecular complexity index is 416. The minimum Gasteiger partial charge on any atom is -0.462 e. The van der Waals surface area contributed by atoms with Gasteiger partial charge in [0.1, 0.15) is 0 Å². The second kappa shape index (κ2) is 6.52. The number of amidine groups is 1. The zero-order valence-corrected chi connectivity index (χ0v) is 9.72. The molecule has 0 aliphatic carbocycles. The van der Waals surface area contributed by atoms with Crippen molar-refractivity contribution in [2.24, 2.45) is 10.9 Å². The zero-order valence-electron chi connectivity index (χ0n) is 9.72. The van der Waals surface area contributed by atoms with Crippen LogP contribution < -0.4 is 5.73 Å². The minimum atomic E-state index is -0.397. The third-order valence-electron chi connectivity index (χ3n) is 2.23. The van der Waals surface area contributed by atoms with Crippen LogP contribution in [0.15, 0.2) is 29.4 Å². The summed E-state index contributed by atoms with van der Waals surface area (Å²) in [7, 11) is 0. The third-order valence-corrected chi connectivity index (χ3v) is 2.23. The topological polar surface area (TPSA) is 84.9 Å². The molecule has 0 spiro atoms. The molecule has 0 unspecified atom stereocenters. The molecule has 0 heterocycles. The highest BCUT2D eigenvalue weighted by Crippen LogP contribution is 2.07. The molecule has 1 rings (SSSR count). The Labute approximate surface area is 99.9 Å². The molecule has 0 aromatic heterocycles. The summed E-state index contributed by atoms with van der Waals surface area (Å²) in [5.41, 5.74) is 6.31. The van der Waals surface area contributed by atoms with Crippen LogP contribution in [-0.2, 0) is 4.74 Å². The number of hydrogen-bond donors (Lipinski definition) is 2. The highest BCUT2D eigenvalue weighted by Gasteiger charge is 2.08. The molecule has 1 aromatic rings. The summed E-state index contributed by atoms with van der Waals surface area (Å²) < 4.78 is 5.05. The van der Waals surface area contributed by atoms with E-state index in [0.29, 0.717) is 17.7 Å². The molecule has 0 atom stereocenters. The molecule has 17 heavy (non-hydrogen) atoms. The number of nitrogens with two attached hydrogens (primary N) is 1. The lowest BCUT2D eigenvalue weighted by molar-refractivity contribution is 0.0499. The van der Waals surface area contributed by atoms with Crippen LogP contribution in [0.4, 0.5) is 0 Å². The number of benzene rings is 1. The van der Waals surface area contributed by atoms with Crippen molar-refractivity contribution in [3.8, 4) is 0 Å². The van der Waals surface area contributed by atoms with Crippen LogP contribution in [0.3, 0.4) is 0 Å². The summed E-state index contributed by atoms with van der Waals surface area (Å²) >= 11 is 0. The van der Waals surface area contributed by atoms with Gasteiger partial charge in [0.15, 0.2) is 5.84 Å². The standard InChI is InChI=1S/C12H16N2O3/c1-2-3-7-17-12(15)10-6-4-5-9(8-10)11(13)14-16/h4-6,8,16H,2-3,7H2,1H3,(H2,13,14). The lowest BCUT2D eigenvalue weighted by Gasteiger charge is -2.05. The second-order valence-corrected chi connectivity index (χ2v) is 3.56. The van der Waals surface area contributed by atoms with Crippen LogP contribution >= 0.6 is 0 Å². The van der Waals surface area contributed by atoms with Crippen molar-refractivity contribution in [3.63, 3.8) is 0 Å². The molecule has 92 valence electrons. The number of esters is 1. The van der Waals surface area contributed by atoms with Gasteiger partial charge in [-0.1, -0.05) is 30.6 Å². The Morgan fingerprint density at radius 3 is 2.82 bits per heavy atom. The smallest absolute Gasteiger partial charge is 0.338 e. The number of rotatable bonds is 5. The van der Waals surface area contributed by atoms with E-state index in [1.54, 1.807) is 18.2 Å². The summed E-state index contributed by atoms with van der Waals surface area (Å²) in [6, 6.07) is 6.47. The fourth-order valence-corrected chi connectivity index (χ4v) is 1.26. The number of carbonyl (C=O) groups excluding carboxylic acids is 1. The Balaban J connectivity index is 2.74. The summed E-state index contributed by atoms with van der Waals surface area (Å²) in [4.78, 5) is 11.6. The fraction of sp³-hybridized carbons (Fsp3) is 0.333. The van der Waals surface area contributed by atoms with E-state index in [2.05, 4.69) is 5.16 Å². The van der Waals surface area contributed by atoms with Gasteiger partial charge < -0.3 is 15.7 Å². The molecular weight excluding hydrogens is 220 g/mol. The molecular formula is C12H16N2O3. The van der Waals surface area contributed by atoms with E-state index in [-0.39, 0.29) is 5.84 Å². The lowest BCUT2D eigenvalue weighted by atomic mass is 10.1. The van der Waals surface area contributed by atoms with Crippen molar-refractivity contribution in [1.82, 2.24) is 0 Å². The van der Waals surface area contributed by atoms with Crippen LogP contribution in [0.25, 0.3) is 0 Å². The lowest BCUT2D eigenvalue weighted by Crippen LogP contribution is -2.14. The highest BCUT2D eigenvalue weighted by atomic mass is 16.5. The first-order chi connectivity index (χ1) is 8.19. The maximum Gasteiger partial charge on any atom is 0.338 e. The molecule has 0 saturated carbocycles. The quantitative estimate of drug-likeness (QED) is 0.204. The number of nitrogens with zero attached hydrogens (tertiary/aromatic N) is 1. The number of oxime groups is 1.